The van der Waals surface area contributed by atoms with Gasteiger partial charge in [0.15, 0.2) is 0 Å². The fraction of sp³-hybridized carbons (Fsp3) is 0.500. The topological polar surface area (TPSA) is 55.8 Å². The number of benzene rings is 1. The molecule has 114 valence electrons. The highest BCUT2D eigenvalue weighted by molar-refractivity contribution is 5.92. The molecule has 0 bridgehead atoms. The molecule has 1 aromatic carbocycles. The van der Waals surface area contributed by atoms with Crippen molar-refractivity contribution in [1.82, 2.24) is 0 Å². The van der Waals surface area contributed by atoms with E-state index in [2.05, 4.69) is 21.1 Å². The number of hydrogen-bond donors (Lipinski definition) is 1. The van der Waals surface area contributed by atoms with Gasteiger partial charge in [-0.3, -0.25) is 0 Å². The summed E-state index contributed by atoms with van der Waals surface area (Å²) in [4.78, 5) is 11.5. The van der Waals surface area contributed by atoms with Gasteiger partial charge in [0.2, 0.25) is 0 Å². The van der Waals surface area contributed by atoms with Gasteiger partial charge in [0.1, 0.15) is 30.2 Å². The molecule has 0 saturated carbocycles. The van der Waals surface area contributed by atoms with E-state index < -0.39 is 5.97 Å². The number of carbonyl (C=O) groups excluding carboxylic acids is 1. The summed E-state index contributed by atoms with van der Waals surface area (Å²) in [5, 5.41) is 9.76. The molecule has 0 fully saturated rings. The molecule has 0 atom stereocenters. The van der Waals surface area contributed by atoms with Crippen molar-refractivity contribution in [3.05, 3.63) is 23.8 Å². The first-order valence-electron chi connectivity index (χ1n) is 6.27. The maximum atomic E-state index is 11.5. The Labute approximate surface area is 126 Å². The zero-order valence-electron chi connectivity index (χ0n) is 12.4. The number of carbonyl (C=O) groups is 1. The molecule has 0 unspecified atom stereocenters. The molecule has 0 radical (unpaired) electrons. The molecule has 1 N–H and O–H groups in total. The maximum Gasteiger partial charge on any atom is 0.341 e. The fourth-order valence-corrected chi connectivity index (χ4v) is 1.42. The fourth-order valence-electron chi connectivity index (χ4n) is 1.42. The molecule has 20 heavy (non-hydrogen) atoms. The van der Waals surface area contributed by atoms with E-state index in [1.807, 2.05) is 0 Å². The summed E-state index contributed by atoms with van der Waals surface area (Å²) < 4.78 is 11.2. The van der Waals surface area contributed by atoms with Crippen LogP contribution in [0.1, 0.15) is 17.3 Å². The Balaban J connectivity index is 0.00000361. The van der Waals surface area contributed by atoms with Gasteiger partial charge in [0.25, 0.3) is 0 Å². The van der Waals surface area contributed by atoms with Gasteiger partial charge in [-0.2, -0.15) is 0 Å². The SMILES string of the molecule is CCOC(=O)c1ccc(OCC[N+](C)(C)C)cc1O.[Cl-]. The first-order chi connectivity index (χ1) is 8.83. The Kier molecular flexibility index (Phi) is 7.39. The van der Waals surface area contributed by atoms with Crippen LogP contribution in [0.5, 0.6) is 11.5 Å². The number of phenolic OH excluding ortho intramolecular Hbond substituents is 1. The van der Waals surface area contributed by atoms with Crippen molar-refractivity contribution in [3.8, 4) is 11.5 Å². The molecule has 0 aliphatic carbocycles. The first kappa shape index (κ1) is 18.5. The van der Waals surface area contributed by atoms with Gasteiger partial charge in [-0.05, 0) is 19.1 Å². The van der Waals surface area contributed by atoms with Gasteiger partial charge in [0, 0.05) is 6.07 Å². The minimum Gasteiger partial charge on any atom is -1.00 e. The highest BCUT2D eigenvalue weighted by Gasteiger charge is 2.13. The summed E-state index contributed by atoms with van der Waals surface area (Å²) in [5.41, 5.74) is 0.154. The minimum absolute atomic E-state index is 0. The smallest absolute Gasteiger partial charge is 0.341 e. The number of halogens is 1. The second-order valence-corrected chi connectivity index (χ2v) is 5.26. The van der Waals surface area contributed by atoms with E-state index in [-0.39, 0.29) is 30.3 Å². The summed E-state index contributed by atoms with van der Waals surface area (Å²) >= 11 is 0. The van der Waals surface area contributed by atoms with E-state index in [9.17, 15) is 9.90 Å². The summed E-state index contributed by atoms with van der Waals surface area (Å²) in [6, 6.07) is 4.60. The van der Waals surface area contributed by atoms with Crippen molar-refractivity contribution < 1.29 is 36.3 Å². The van der Waals surface area contributed by atoms with Gasteiger partial charge in [-0.1, -0.05) is 0 Å². The van der Waals surface area contributed by atoms with Crippen LogP contribution < -0.4 is 17.1 Å². The van der Waals surface area contributed by atoms with E-state index in [4.69, 9.17) is 9.47 Å². The Morgan fingerprint density at radius 3 is 2.45 bits per heavy atom. The molecule has 0 heterocycles. The van der Waals surface area contributed by atoms with Crippen molar-refractivity contribution in [3.63, 3.8) is 0 Å². The van der Waals surface area contributed by atoms with Crippen molar-refractivity contribution >= 4 is 5.97 Å². The number of quaternary nitrogens is 1. The highest BCUT2D eigenvalue weighted by atomic mass is 35.5. The third-order valence-electron chi connectivity index (χ3n) is 2.50. The monoisotopic (exact) mass is 303 g/mol. The van der Waals surface area contributed by atoms with Crippen LogP contribution >= 0.6 is 0 Å². The molecule has 0 spiro atoms. The molecule has 0 saturated heterocycles. The van der Waals surface area contributed by atoms with Gasteiger partial charge >= 0.3 is 5.97 Å². The minimum atomic E-state index is -0.530. The van der Waals surface area contributed by atoms with Crippen LogP contribution in [0.2, 0.25) is 0 Å². The first-order valence-corrected chi connectivity index (χ1v) is 6.27. The quantitative estimate of drug-likeness (QED) is 0.522. The number of hydrogen-bond acceptors (Lipinski definition) is 4. The van der Waals surface area contributed by atoms with Crippen molar-refractivity contribution in [2.45, 2.75) is 6.92 Å². The van der Waals surface area contributed by atoms with Crippen molar-refractivity contribution in [1.29, 1.82) is 0 Å². The number of likely N-dealkylation sites (N-methyl/N-ethyl adjacent to an activating group) is 1. The van der Waals surface area contributed by atoms with Crippen LogP contribution in [-0.2, 0) is 4.74 Å². The third-order valence-corrected chi connectivity index (χ3v) is 2.50. The molecule has 6 heteroatoms. The lowest BCUT2D eigenvalue weighted by molar-refractivity contribution is -0.870. The normalized spacial score (nSPS) is 10.6. The summed E-state index contributed by atoms with van der Waals surface area (Å²) in [6.45, 7) is 3.39. The lowest BCUT2D eigenvalue weighted by Gasteiger charge is -2.23. The van der Waals surface area contributed by atoms with E-state index in [1.165, 1.54) is 12.1 Å². The molecular weight excluding hydrogens is 282 g/mol. The lowest BCUT2D eigenvalue weighted by atomic mass is 10.2. The van der Waals surface area contributed by atoms with E-state index >= 15 is 0 Å². The average molecular weight is 304 g/mol. The zero-order valence-corrected chi connectivity index (χ0v) is 13.1. The largest absolute Gasteiger partial charge is 1.00 e. The molecule has 0 aromatic heterocycles. The van der Waals surface area contributed by atoms with Crippen LogP contribution in [0.3, 0.4) is 0 Å². The molecule has 5 nitrogen and oxygen atoms in total. The predicted octanol–water partition coefficient (Wildman–Crippen LogP) is -1.34. The summed E-state index contributed by atoms with van der Waals surface area (Å²) in [6.07, 6.45) is 0. The van der Waals surface area contributed by atoms with Crippen LogP contribution in [-0.4, -0.2) is 56.5 Å². The highest BCUT2D eigenvalue weighted by Crippen LogP contribution is 2.24. The van der Waals surface area contributed by atoms with Crippen LogP contribution in [0.4, 0.5) is 0 Å². The van der Waals surface area contributed by atoms with Crippen molar-refractivity contribution in [2.75, 3.05) is 40.9 Å². The predicted molar refractivity (Wildman–Crippen MR) is 72.5 cm³/mol. The number of nitrogens with zero attached hydrogens (tertiary/aromatic N) is 1. The number of ether oxygens (including phenoxy) is 2. The van der Waals surface area contributed by atoms with Crippen molar-refractivity contribution in [2.24, 2.45) is 0 Å². The molecular formula is C14H22ClNO4. The summed E-state index contributed by atoms with van der Waals surface area (Å²) in [5.74, 6) is -0.113. The second kappa shape index (κ2) is 7.97. The summed E-state index contributed by atoms with van der Waals surface area (Å²) in [7, 11) is 6.22. The molecule has 0 amide bonds. The van der Waals surface area contributed by atoms with E-state index in [1.54, 1.807) is 13.0 Å². The maximum absolute atomic E-state index is 11.5. The molecule has 1 rings (SSSR count). The van der Waals surface area contributed by atoms with Gasteiger partial charge < -0.3 is 31.5 Å². The van der Waals surface area contributed by atoms with Gasteiger partial charge in [0.05, 0.1) is 27.7 Å². The number of rotatable bonds is 6. The lowest BCUT2D eigenvalue weighted by Crippen LogP contribution is -3.00. The standard InChI is InChI=1S/C14H21NO4.ClH/c1-5-18-14(17)12-7-6-11(10-13(12)16)19-9-8-15(2,3)4;/h6-7,10H,5,8-9H2,1-4H3;1H. The Bertz CT molecular complexity index is 443. The molecule has 1 aromatic rings. The zero-order chi connectivity index (χ0) is 14.5. The second-order valence-electron chi connectivity index (χ2n) is 5.26. The van der Waals surface area contributed by atoms with E-state index in [0.29, 0.717) is 12.4 Å². The number of aromatic hydroxyl groups is 1. The van der Waals surface area contributed by atoms with E-state index in [0.717, 1.165) is 11.0 Å². The average Bonchev–Trinajstić information content (AvgIpc) is 2.27. The number of esters is 1. The van der Waals surface area contributed by atoms with Gasteiger partial charge in [-0.15, -0.1) is 0 Å². The van der Waals surface area contributed by atoms with Crippen LogP contribution in [0.25, 0.3) is 0 Å². The third kappa shape index (κ3) is 6.12. The number of phenols is 1. The van der Waals surface area contributed by atoms with Crippen LogP contribution in [0.15, 0.2) is 18.2 Å². The Morgan fingerprint density at radius 2 is 1.95 bits per heavy atom. The van der Waals surface area contributed by atoms with Gasteiger partial charge in [-0.25, -0.2) is 4.79 Å². The Morgan fingerprint density at radius 1 is 1.30 bits per heavy atom. The molecule has 0 aliphatic rings. The molecule has 0 aliphatic heterocycles. The van der Waals surface area contributed by atoms with Crippen LogP contribution in [0, 0.1) is 0 Å². The Hall–Kier alpha value is -1.46.